The molecule has 0 radical (unpaired) electrons. The maximum absolute atomic E-state index is 13.1. The molecule has 0 bridgehead atoms. The number of rotatable bonds is 4. The monoisotopic (exact) mass is 408 g/mol. The normalized spacial score (nSPS) is 16.6. The van der Waals surface area contributed by atoms with Crippen LogP contribution in [-0.2, 0) is 22.9 Å². The maximum Gasteiger partial charge on any atom is 0.269 e. The van der Waals surface area contributed by atoms with Gasteiger partial charge in [-0.3, -0.25) is 0 Å². The van der Waals surface area contributed by atoms with Crippen LogP contribution in [-0.4, -0.2) is 33.4 Å². The van der Waals surface area contributed by atoms with E-state index in [4.69, 9.17) is 5.73 Å². The van der Waals surface area contributed by atoms with E-state index in [1.165, 1.54) is 16.4 Å². The zero-order chi connectivity index (χ0) is 20.0. The number of H-pyrrole nitrogens is 1. The Morgan fingerprint density at radius 3 is 2.83 bits per heavy atom. The molecule has 0 aliphatic heterocycles. The molecule has 0 spiro atoms. The number of aromatic amines is 1. The van der Waals surface area contributed by atoms with Crippen molar-refractivity contribution in [2.75, 3.05) is 11.1 Å². The van der Waals surface area contributed by atoms with Crippen molar-refractivity contribution in [2.24, 2.45) is 0 Å². The highest BCUT2D eigenvalue weighted by Crippen LogP contribution is 2.32. The molecule has 1 unspecified atom stereocenters. The first-order valence-corrected chi connectivity index (χ1v) is 10.8. The van der Waals surface area contributed by atoms with Gasteiger partial charge in [0.15, 0.2) is 5.65 Å². The third-order valence-electron chi connectivity index (χ3n) is 5.35. The summed E-state index contributed by atoms with van der Waals surface area (Å²) in [5.74, 6) is 0. The Labute approximate surface area is 167 Å². The second kappa shape index (κ2) is 6.63. The third-order valence-corrected chi connectivity index (χ3v) is 7.03. The standard InChI is InChI=1S/C20H20N6O2S/c21-16-11-22-20-15(8-9-26(20)29(27,28)14-4-2-1-3-5-14)19(16)25-13-6-7-17-18(10-13)24-12-23-17/h1-5,8-9,11-13H,6-7,10,21H2,(H,22,25)(H,23,24). The summed E-state index contributed by atoms with van der Waals surface area (Å²) in [6, 6.07) is 10.2. The van der Waals surface area contributed by atoms with E-state index < -0.39 is 10.0 Å². The van der Waals surface area contributed by atoms with E-state index in [0.29, 0.717) is 22.4 Å². The molecule has 4 N–H and O–H groups in total. The van der Waals surface area contributed by atoms with Crippen molar-refractivity contribution in [2.45, 2.75) is 30.2 Å². The number of nitrogens with zero attached hydrogens (tertiary/aromatic N) is 3. The number of nitrogen functional groups attached to an aromatic ring is 1. The zero-order valence-corrected chi connectivity index (χ0v) is 16.4. The minimum absolute atomic E-state index is 0.171. The number of pyridine rings is 1. The Morgan fingerprint density at radius 2 is 2.00 bits per heavy atom. The number of fused-ring (bicyclic) bond motifs is 2. The van der Waals surface area contributed by atoms with Gasteiger partial charge in [-0.15, -0.1) is 0 Å². The van der Waals surface area contributed by atoms with Crippen LogP contribution in [0.4, 0.5) is 11.4 Å². The van der Waals surface area contributed by atoms with Gasteiger partial charge < -0.3 is 16.0 Å². The summed E-state index contributed by atoms with van der Waals surface area (Å²) in [4.78, 5) is 12.1. The van der Waals surface area contributed by atoms with Crippen LogP contribution in [0.5, 0.6) is 0 Å². The Kier molecular flexibility index (Phi) is 4.06. The van der Waals surface area contributed by atoms with Gasteiger partial charge in [0.25, 0.3) is 10.0 Å². The fourth-order valence-electron chi connectivity index (χ4n) is 3.87. The van der Waals surface area contributed by atoms with Crippen molar-refractivity contribution in [3.8, 4) is 0 Å². The third kappa shape index (κ3) is 2.94. The van der Waals surface area contributed by atoms with Gasteiger partial charge in [-0.1, -0.05) is 18.2 Å². The number of aromatic nitrogens is 4. The van der Waals surface area contributed by atoms with E-state index in [0.717, 1.165) is 30.7 Å². The minimum Gasteiger partial charge on any atom is -0.396 e. The molecule has 0 saturated heterocycles. The topological polar surface area (TPSA) is 119 Å². The lowest BCUT2D eigenvalue weighted by Gasteiger charge is -2.24. The Balaban J connectivity index is 1.54. The molecule has 0 saturated carbocycles. The Hall–Kier alpha value is -3.33. The fraction of sp³-hybridized carbons (Fsp3) is 0.200. The molecular formula is C20H20N6O2S. The predicted molar refractivity (Wildman–Crippen MR) is 111 cm³/mol. The molecule has 1 aromatic carbocycles. The van der Waals surface area contributed by atoms with Gasteiger partial charge in [-0.05, 0) is 31.0 Å². The van der Waals surface area contributed by atoms with Crippen molar-refractivity contribution in [3.63, 3.8) is 0 Å². The van der Waals surface area contributed by atoms with Crippen LogP contribution in [0.2, 0.25) is 0 Å². The van der Waals surface area contributed by atoms with Gasteiger partial charge in [-0.25, -0.2) is 22.4 Å². The summed E-state index contributed by atoms with van der Waals surface area (Å²) in [5, 5.41) is 4.19. The molecule has 1 aliphatic rings. The molecule has 4 aromatic rings. The molecule has 1 aliphatic carbocycles. The van der Waals surface area contributed by atoms with Crippen molar-refractivity contribution >= 4 is 32.4 Å². The molecule has 0 fully saturated rings. The smallest absolute Gasteiger partial charge is 0.269 e. The van der Waals surface area contributed by atoms with E-state index in [2.05, 4.69) is 20.3 Å². The number of aryl methyl sites for hydroxylation is 1. The first-order valence-electron chi connectivity index (χ1n) is 9.38. The lowest BCUT2D eigenvalue weighted by atomic mass is 9.95. The van der Waals surface area contributed by atoms with Crippen LogP contribution < -0.4 is 11.1 Å². The number of anilines is 2. The quantitative estimate of drug-likeness (QED) is 0.477. The number of hydrogen-bond acceptors (Lipinski definition) is 6. The number of benzene rings is 1. The molecule has 3 heterocycles. The summed E-state index contributed by atoms with van der Waals surface area (Å²) in [5.41, 5.74) is 9.99. The first-order chi connectivity index (χ1) is 14.0. The number of hydrogen-bond donors (Lipinski definition) is 3. The van der Waals surface area contributed by atoms with Gasteiger partial charge in [0.2, 0.25) is 0 Å². The van der Waals surface area contributed by atoms with E-state index in [9.17, 15) is 8.42 Å². The SMILES string of the molecule is Nc1cnc2c(ccn2S(=O)(=O)c2ccccc2)c1NC1CCc2nc[nH]c2C1. The van der Waals surface area contributed by atoms with Crippen molar-refractivity contribution < 1.29 is 8.42 Å². The molecular weight excluding hydrogens is 388 g/mol. The van der Waals surface area contributed by atoms with Crippen LogP contribution in [0.1, 0.15) is 17.8 Å². The first kappa shape index (κ1) is 17.7. The fourth-order valence-corrected chi connectivity index (χ4v) is 5.19. The molecule has 8 nitrogen and oxygen atoms in total. The maximum atomic E-state index is 13.1. The minimum atomic E-state index is -3.75. The molecule has 148 valence electrons. The summed E-state index contributed by atoms with van der Waals surface area (Å²) in [7, 11) is -3.75. The average molecular weight is 408 g/mol. The Bertz CT molecular complexity index is 1290. The van der Waals surface area contributed by atoms with Crippen LogP contribution in [0.3, 0.4) is 0 Å². The van der Waals surface area contributed by atoms with Gasteiger partial charge in [-0.2, -0.15) is 0 Å². The predicted octanol–water partition coefficient (Wildman–Crippen LogP) is 2.55. The van der Waals surface area contributed by atoms with Crippen LogP contribution in [0.15, 0.2) is 60.0 Å². The molecule has 5 rings (SSSR count). The van der Waals surface area contributed by atoms with Crippen molar-refractivity contribution in [1.29, 1.82) is 0 Å². The largest absolute Gasteiger partial charge is 0.396 e. The summed E-state index contributed by atoms with van der Waals surface area (Å²) in [6.45, 7) is 0. The van der Waals surface area contributed by atoms with Crippen molar-refractivity contribution in [3.05, 3.63) is 66.5 Å². The molecule has 29 heavy (non-hydrogen) atoms. The average Bonchev–Trinajstić information content (AvgIpc) is 3.37. The van der Waals surface area contributed by atoms with E-state index >= 15 is 0 Å². The van der Waals surface area contributed by atoms with E-state index in [1.54, 1.807) is 42.7 Å². The number of nitrogens with two attached hydrogens (primary N) is 1. The molecule has 0 amide bonds. The van der Waals surface area contributed by atoms with Gasteiger partial charge in [0.1, 0.15) is 0 Å². The molecule has 3 aromatic heterocycles. The highest BCUT2D eigenvalue weighted by molar-refractivity contribution is 7.90. The van der Waals surface area contributed by atoms with E-state index in [-0.39, 0.29) is 10.9 Å². The van der Waals surface area contributed by atoms with Gasteiger partial charge in [0, 0.05) is 29.7 Å². The second-order valence-corrected chi connectivity index (χ2v) is 8.98. The summed E-state index contributed by atoms with van der Waals surface area (Å²) < 4.78 is 27.3. The lowest BCUT2D eigenvalue weighted by Crippen LogP contribution is -2.28. The van der Waals surface area contributed by atoms with Crippen LogP contribution >= 0.6 is 0 Å². The van der Waals surface area contributed by atoms with Gasteiger partial charge in [0.05, 0.1) is 34.5 Å². The number of imidazole rings is 1. The van der Waals surface area contributed by atoms with Crippen molar-refractivity contribution in [1.82, 2.24) is 18.9 Å². The number of nitrogens with one attached hydrogen (secondary N) is 2. The Morgan fingerprint density at radius 1 is 1.17 bits per heavy atom. The lowest BCUT2D eigenvalue weighted by molar-refractivity contribution is 0.589. The van der Waals surface area contributed by atoms with E-state index in [1.807, 2.05) is 0 Å². The molecule has 9 heteroatoms. The zero-order valence-electron chi connectivity index (χ0n) is 15.5. The highest BCUT2D eigenvalue weighted by Gasteiger charge is 2.24. The molecule has 1 atom stereocenters. The van der Waals surface area contributed by atoms with Crippen LogP contribution in [0.25, 0.3) is 11.0 Å². The summed E-state index contributed by atoms with van der Waals surface area (Å²) >= 11 is 0. The summed E-state index contributed by atoms with van der Waals surface area (Å²) in [6.07, 6.45) is 7.37. The van der Waals surface area contributed by atoms with Gasteiger partial charge >= 0.3 is 0 Å². The highest BCUT2D eigenvalue weighted by atomic mass is 32.2. The second-order valence-electron chi connectivity index (χ2n) is 7.17. The van der Waals surface area contributed by atoms with Crippen LogP contribution in [0, 0.1) is 0 Å².